The molecule has 0 saturated carbocycles. The lowest BCUT2D eigenvalue weighted by molar-refractivity contribution is -0.209. The highest BCUT2D eigenvalue weighted by molar-refractivity contribution is 6.34. The van der Waals surface area contributed by atoms with Gasteiger partial charge in [-0.25, -0.2) is 4.68 Å². The Morgan fingerprint density at radius 3 is 2.61 bits per heavy atom. The van der Waals surface area contributed by atoms with Crippen LogP contribution in [0.25, 0.3) is 10.8 Å². The Kier molecular flexibility index (Phi) is 3.53. The van der Waals surface area contributed by atoms with Crippen LogP contribution in [0.1, 0.15) is 6.42 Å². The van der Waals surface area contributed by atoms with E-state index >= 15 is 0 Å². The molecule has 3 rings (SSSR count). The first-order chi connectivity index (χ1) is 10.7. The Labute approximate surface area is 132 Å². The molecule has 1 aliphatic heterocycles. The van der Waals surface area contributed by atoms with Crippen LogP contribution < -0.4 is 16.4 Å². The zero-order valence-electron chi connectivity index (χ0n) is 11.9. The summed E-state index contributed by atoms with van der Waals surface area (Å²) in [4.78, 5) is 24.3. The van der Waals surface area contributed by atoms with E-state index in [4.69, 9.17) is 11.6 Å². The van der Waals surface area contributed by atoms with Crippen LogP contribution in [0.2, 0.25) is 5.15 Å². The van der Waals surface area contributed by atoms with Gasteiger partial charge in [-0.1, -0.05) is 11.6 Å². The van der Waals surface area contributed by atoms with Crippen molar-refractivity contribution in [3.05, 3.63) is 38.1 Å². The fourth-order valence-corrected chi connectivity index (χ4v) is 3.14. The van der Waals surface area contributed by atoms with Gasteiger partial charge in [0.1, 0.15) is 0 Å². The molecule has 124 valence electrons. The first-order valence-corrected chi connectivity index (χ1v) is 7.12. The quantitative estimate of drug-likeness (QED) is 0.835. The van der Waals surface area contributed by atoms with E-state index in [-0.39, 0.29) is 28.9 Å². The molecule has 1 unspecified atom stereocenters. The lowest BCUT2D eigenvalue weighted by Gasteiger charge is -2.33. The Balaban J connectivity index is 2.38. The molecule has 0 amide bonds. The van der Waals surface area contributed by atoms with Crippen LogP contribution in [-0.2, 0) is 12.6 Å². The van der Waals surface area contributed by atoms with Crippen molar-refractivity contribution in [3.63, 3.8) is 0 Å². The summed E-state index contributed by atoms with van der Waals surface area (Å²) in [5, 5.41) is 6.20. The fraction of sp³-hybridized carbons (Fsp3) is 0.462. The second-order valence-corrected chi connectivity index (χ2v) is 5.84. The first-order valence-electron chi connectivity index (χ1n) is 6.74. The van der Waals surface area contributed by atoms with Gasteiger partial charge >= 0.3 is 6.18 Å². The van der Waals surface area contributed by atoms with Crippen LogP contribution in [0.4, 0.5) is 13.2 Å². The molecular weight excluding hydrogens is 337 g/mol. The number of nitrogens with one attached hydrogen (secondary N) is 1. The van der Waals surface area contributed by atoms with E-state index in [1.54, 1.807) is 0 Å². The van der Waals surface area contributed by atoms with Crippen LogP contribution in [-0.4, -0.2) is 33.6 Å². The van der Waals surface area contributed by atoms with Gasteiger partial charge in [0, 0.05) is 31.2 Å². The minimum Gasteiger partial charge on any atom is -0.314 e. The smallest absolute Gasteiger partial charge is 0.314 e. The van der Waals surface area contributed by atoms with E-state index in [1.165, 1.54) is 7.05 Å². The third-order valence-corrected chi connectivity index (χ3v) is 4.44. The Morgan fingerprint density at radius 1 is 1.35 bits per heavy atom. The maximum atomic E-state index is 13.6. The third-order valence-electron chi connectivity index (χ3n) is 4.16. The van der Waals surface area contributed by atoms with Gasteiger partial charge < -0.3 is 5.32 Å². The molecule has 1 atom stereocenters. The van der Waals surface area contributed by atoms with Gasteiger partial charge in [-0.2, -0.15) is 18.3 Å². The van der Waals surface area contributed by atoms with E-state index < -0.39 is 29.4 Å². The first kappa shape index (κ1) is 16.0. The molecule has 0 aliphatic carbocycles. The molecule has 0 bridgehead atoms. The van der Waals surface area contributed by atoms with Crippen molar-refractivity contribution >= 4 is 22.4 Å². The van der Waals surface area contributed by atoms with E-state index in [0.717, 1.165) is 16.9 Å². The molecule has 2 aromatic rings. The van der Waals surface area contributed by atoms with Crippen molar-refractivity contribution in [1.29, 1.82) is 0 Å². The average molecular weight is 349 g/mol. The SMILES string of the molecule is Cn1nc(Cl)c2cn(C3(C(F)(F)F)CCNC3)c(=O)cc2c1=O. The molecule has 6 nitrogen and oxygen atoms in total. The zero-order chi connectivity index (χ0) is 17.0. The highest BCUT2D eigenvalue weighted by Gasteiger charge is 2.58. The lowest BCUT2D eigenvalue weighted by Crippen LogP contribution is -2.53. The van der Waals surface area contributed by atoms with Gasteiger partial charge in [-0.15, -0.1) is 0 Å². The van der Waals surface area contributed by atoms with Crippen molar-refractivity contribution in [2.24, 2.45) is 7.05 Å². The number of hydrogen-bond acceptors (Lipinski definition) is 4. The summed E-state index contributed by atoms with van der Waals surface area (Å²) in [5.74, 6) is 0. The molecule has 0 spiro atoms. The molecule has 1 aliphatic rings. The molecule has 1 fully saturated rings. The van der Waals surface area contributed by atoms with Gasteiger partial charge in [-0.05, 0) is 13.0 Å². The van der Waals surface area contributed by atoms with E-state index in [1.807, 2.05) is 0 Å². The molecular formula is C13H12ClF3N4O2. The number of aryl methyl sites for hydroxylation is 1. The number of aromatic nitrogens is 3. The average Bonchev–Trinajstić information content (AvgIpc) is 2.94. The summed E-state index contributed by atoms with van der Waals surface area (Å²) in [6.07, 6.45) is -3.93. The summed E-state index contributed by atoms with van der Waals surface area (Å²) < 4.78 is 42.4. The molecule has 0 aromatic carbocycles. The minimum atomic E-state index is -4.63. The summed E-state index contributed by atoms with van der Waals surface area (Å²) >= 11 is 5.94. The maximum Gasteiger partial charge on any atom is 0.413 e. The number of rotatable bonds is 1. The number of hydrogen-bond donors (Lipinski definition) is 1. The van der Waals surface area contributed by atoms with E-state index in [0.29, 0.717) is 4.57 Å². The monoisotopic (exact) mass is 348 g/mol. The second-order valence-electron chi connectivity index (χ2n) is 5.48. The Morgan fingerprint density at radius 2 is 2.04 bits per heavy atom. The van der Waals surface area contributed by atoms with Crippen LogP contribution in [0, 0.1) is 0 Å². The van der Waals surface area contributed by atoms with Gasteiger partial charge in [0.05, 0.1) is 5.39 Å². The van der Waals surface area contributed by atoms with Crippen molar-refractivity contribution < 1.29 is 13.2 Å². The Bertz CT molecular complexity index is 897. The van der Waals surface area contributed by atoms with Crippen molar-refractivity contribution in [2.45, 2.75) is 18.1 Å². The second kappa shape index (κ2) is 5.07. The number of pyridine rings is 1. The maximum absolute atomic E-state index is 13.6. The van der Waals surface area contributed by atoms with E-state index in [2.05, 4.69) is 10.4 Å². The minimum absolute atomic E-state index is 0.0184. The van der Waals surface area contributed by atoms with Gasteiger partial charge in [-0.3, -0.25) is 14.2 Å². The summed E-state index contributed by atoms with van der Waals surface area (Å²) in [5.41, 5.74) is -3.86. The predicted octanol–water partition coefficient (Wildman–Crippen LogP) is 0.999. The van der Waals surface area contributed by atoms with Gasteiger partial charge in [0.15, 0.2) is 10.7 Å². The number of alkyl halides is 3. The predicted molar refractivity (Wildman–Crippen MR) is 77.8 cm³/mol. The highest BCUT2D eigenvalue weighted by atomic mass is 35.5. The van der Waals surface area contributed by atoms with Gasteiger partial charge in [0.25, 0.3) is 11.1 Å². The van der Waals surface area contributed by atoms with Crippen molar-refractivity contribution in [2.75, 3.05) is 13.1 Å². The van der Waals surface area contributed by atoms with E-state index in [9.17, 15) is 22.8 Å². The summed E-state index contributed by atoms with van der Waals surface area (Å²) in [7, 11) is 1.34. The summed E-state index contributed by atoms with van der Waals surface area (Å²) in [6, 6.07) is 0.886. The zero-order valence-corrected chi connectivity index (χ0v) is 12.7. The highest BCUT2D eigenvalue weighted by Crippen LogP contribution is 2.41. The molecule has 1 N–H and O–H groups in total. The molecule has 2 aromatic heterocycles. The van der Waals surface area contributed by atoms with Crippen molar-refractivity contribution in [1.82, 2.24) is 19.7 Å². The largest absolute Gasteiger partial charge is 0.413 e. The third kappa shape index (κ3) is 2.26. The van der Waals surface area contributed by atoms with Gasteiger partial charge in [0.2, 0.25) is 0 Å². The van der Waals surface area contributed by atoms with Crippen LogP contribution >= 0.6 is 11.6 Å². The number of nitrogens with zero attached hydrogens (tertiary/aromatic N) is 3. The molecule has 10 heteroatoms. The molecule has 3 heterocycles. The summed E-state index contributed by atoms with van der Waals surface area (Å²) in [6.45, 7) is -0.287. The standard InChI is InChI=1S/C13H12ClF3N4O2/c1-20-11(23)7-4-9(22)21(5-8(7)10(14)19-20)12(13(15,16)17)2-3-18-6-12/h4-5,18H,2-3,6H2,1H3. The normalized spacial score (nSPS) is 22.0. The molecule has 0 radical (unpaired) electrons. The fourth-order valence-electron chi connectivity index (χ4n) is 2.88. The molecule has 23 heavy (non-hydrogen) atoms. The van der Waals surface area contributed by atoms with Crippen LogP contribution in [0.15, 0.2) is 21.9 Å². The number of halogens is 4. The Hall–Kier alpha value is -1.87. The lowest BCUT2D eigenvalue weighted by atomic mass is 9.96. The number of fused-ring (bicyclic) bond motifs is 1. The van der Waals surface area contributed by atoms with Crippen LogP contribution in [0.3, 0.4) is 0 Å². The topological polar surface area (TPSA) is 68.9 Å². The van der Waals surface area contributed by atoms with Crippen molar-refractivity contribution in [3.8, 4) is 0 Å². The van der Waals surface area contributed by atoms with Crippen LogP contribution in [0.5, 0.6) is 0 Å². The molecule has 1 saturated heterocycles.